The summed E-state index contributed by atoms with van der Waals surface area (Å²) in [5.41, 5.74) is 1.34. The molecule has 130 valence electrons. The maximum atomic E-state index is 12.6. The van der Waals surface area contributed by atoms with E-state index in [9.17, 15) is 14.9 Å². The second-order valence-corrected chi connectivity index (χ2v) is 5.79. The number of hydrogen-bond donors (Lipinski definition) is 0. The lowest BCUT2D eigenvalue weighted by atomic mass is 10.1. The minimum absolute atomic E-state index is 0.0686. The predicted octanol–water partition coefficient (Wildman–Crippen LogP) is 2.57. The fourth-order valence-electron chi connectivity index (χ4n) is 2.91. The van der Waals surface area contributed by atoms with Gasteiger partial charge in [-0.25, -0.2) is 0 Å². The molecule has 0 N–H and O–H groups in total. The van der Waals surface area contributed by atoms with Crippen molar-refractivity contribution in [2.45, 2.75) is 0 Å². The Bertz CT molecular complexity index is 785. The highest BCUT2D eigenvalue weighted by Crippen LogP contribution is 2.23. The molecule has 3 rings (SSSR count). The van der Waals surface area contributed by atoms with Crippen molar-refractivity contribution in [3.63, 3.8) is 0 Å². The van der Waals surface area contributed by atoms with Crippen LogP contribution in [-0.4, -0.2) is 49.0 Å². The van der Waals surface area contributed by atoms with E-state index in [4.69, 9.17) is 4.74 Å². The van der Waals surface area contributed by atoms with Crippen LogP contribution in [0.25, 0.3) is 0 Å². The number of non-ortho nitro benzene ring substituents is 1. The number of carbonyl (C=O) groups is 1. The number of carbonyl (C=O) groups excluding carboxylic acids is 1. The van der Waals surface area contributed by atoms with E-state index < -0.39 is 4.92 Å². The number of anilines is 1. The van der Waals surface area contributed by atoms with Gasteiger partial charge in [-0.1, -0.05) is 12.1 Å². The number of rotatable bonds is 4. The van der Waals surface area contributed by atoms with Gasteiger partial charge in [-0.15, -0.1) is 0 Å². The van der Waals surface area contributed by atoms with Crippen molar-refractivity contribution >= 4 is 17.3 Å². The Balaban J connectivity index is 1.66. The summed E-state index contributed by atoms with van der Waals surface area (Å²) in [5, 5.41) is 10.9. The number of amides is 1. The summed E-state index contributed by atoms with van der Waals surface area (Å²) in [4.78, 5) is 26.9. The van der Waals surface area contributed by atoms with Gasteiger partial charge in [0.2, 0.25) is 0 Å². The molecular weight excluding hydrogens is 322 g/mol. The number of ether oxygens (including phenoxy) is 1. The monoisotopic (exact) mass is 341 g/mol. The molecule has 25 heavy (non-hydrogen) atoms. The second kappa shape index (κ2) is 7.21. The van der Waals surface area contributed by atoms with Crippen molar-refractivity contribution < 1.29 is 14.5 Å². The van der Waals surface area contributed by atoms with Crippen LogP contribution in [0.5, 0.6) is 5.75 Å². The van der Waals surface area contributed by atoms with Crippen LogP contribution in [0.4, 0.5) is 11.4 Å². The van der Waals surface area contributed by atoms with Crippen molar-refractivity contribution in [3.8, 4) is 5.75 Å². The highest BCUT2D eigenvalue weighted by atomic mass is 16.6. The Morgan fingerprint density at radius 1 is 1.08 bits per heavy atom. The number of nitrogens with zero attached hydrogens (tertiary/aromatic N) is 3. The van der Waals surface area contributed by atoms with Gasteiger partial charge in [-0.2, -0.15) is 0 Å². The zero-order valence-electron chi connectivity index (χ0n) is 13.9. The average Bonchev–Trinajstić information content (AvgIpc) is 2.67. The van der Waals surface area contributed by atoms with Crippen molar-refractivity contribution in [2.75, 3.05) is 38.2 Å². The van der Waals surface area contributed by atoms with E-state index in [0.29, 0.717) is 31.7 Å². The first-order valence-electron chi connectivity index (χ1n) is 8.01. The Morgan fingerprint density at radius 2 is 1.80 bits per heavy atom. The topological polar surface area (TPSA) is 75.9 Å². The normalized spacial score (nSPS) is 14.3. The molecule has 0 aliphatic carbocycles. The molecule has 7 nitrogen and oxygen atoms in total. The maximum absolute atomic E-state index is 12.6. The summed E-state index contributed by atoms with van der Waals surface area (Å²) in [7, 11) is 1.63. The SMILES string of the molecule is COc1cccc(N2CCN(C(=O)c3cccc([N+](=O)[O-])c3)CC2)c1. The highest BCUT2D eigenvalue weighted by molar-refractivity contribution is 5.95. The molecule has 0 aromatic heterocycles. The van der Waals surface area contributed by atoms with Gasteiger partial charge < -0.3 is 14.5 Å². The Hall–Kier alpha value is -3.09. The molecule has 1 fully saturated rings. The molecule has 0 unspecified atom stereocenters. The van der Waals surface area contributed by atoms with Crippen LogP contribution in [0.1, 0.15) is 10.4 Å². The number of hydrogen-bond acceptors (Lipinski definition) is 5. The fraction of sp³-hybridized carbons (Fsp3) is 0.278. The quantitative estimate of drug-likeness (QED) is 0.631. The molecule has 0 radical (unpaired) electrons. The zero-order chi connectivity index (χ0) is 17.8. The minimum Gasteiger partial charge on any atom is -0.497 e. The highest BCUT2D eigenvalue weighted by Gasteiger charge is 2.23. The van der Waals surface area contributed by atoms with Gasteiger partial charge in [0.05, 0.1) is 12.0 Å². The van der Waals surface area contributed by atoms with Crippen LogP contribution >= 0.6 is 0 Å². The van der Waals surface area contributed by atoms with E-state index in [1.165, 1.54) is 18.2 Å². The van der Waals surface area contributed by atoms with E-state index in [0.717, 1.165) is 11.4 Å². The van der Waals surface area contributed by atoms with E-state index in [-0.39, 0.29) is 11.6 Å². The van der Waals surface area contributed by atoms with Crippen LogP contribution in [0.3, 0.4) is 0 Å². The van der Waals surface area contributed by atoms with Crippen LogP contribution in [-0.2, 0) is 0 Å². The van der Waals surface area contributed by atoms with Gasteiger partial charge in [0, 0.05) is 55.6 Å². The lowest BCUT2D eigenvalue weighted by Crippen LogP contribution is -2.48. The van der Waals surface area contributed by atoms with Gasteiger partial charge >= 0.3 is 0 Å². The van der Waals surface area contributed by atoms with Crippen LogP contribution < -0.4 is 9.64 Å². The Labute approximate surface area is 145 Å². The van der Waals surface area contributed by atoms with Gasteiger partial charge in [0.1, 0.15) is 5.75 Å². The number of nitro groups is 1. The van der Waals surface area contributed by atoms with Crippen molar-refractivity contribution in [3.05, 3.63) is 64.2 Å². The third kappa shape index (κ3) is 3.71. The van der Waals surface area contributed by atoms with E-state index in [2.05, 4.69) is 4.90 Å². The molecule has 0 bridgehead atoms. The van der Waals surface area contributed by atoms with E-state index >= 15 is 0 Å². The van der Waals surface area contributed by atoms with E-state index in [1.54, 1.807) is 18.1 Å². The molecule has 2 aromatic rings. The summed E-state index contributed by atoms with van der Waals surface area (Å²) in [6.07, 6.45) is 0. The number of piperazine rings is 1. The van der Waals surface area contributed by atoms with Crippen LogP contribution in [0, 0.1) is 10.1 Å². The third-order valence-electron chi connectivity index (χ3n) is 4.29. The molecule has 1 amide bonds. The summed E-state index contributed by atoms with van der Waals surface area (Å²) in [5.74, 6) is 0.626. The molecule has 0 spiro atoms. The Morgan fingerprint density at radius 3 is 2.48 bits per heavy atom. The Kier molecular flexibility index (Phi) is 4.83. The van der Waals surface area contributed by atoms with Gasteiger partial charge in [-0.3, -0.25) is 14.9 Å². The molecule has 0 atom stereocenters. The molecule has 2 aromatic carbocycles. The molecule has 0 saturated carbocycles. The fourth-order valence-corrected chi connectivity index (χ4v) is 2.91. The largest absolute Gasteiger partial charge is 0.497 e. The second-order valence-electron chi connectivity index (χ2n) is 5.79. The smallest absolute Gasteiger partial charge is 0.270 e. The summed E-state index contributed by atoms with van der Waals surface area (Å²) < 4.78 is 5.25. The third-order valence-corrected chi connectivity index (χ3v) is 4.29. The first kappa shape index (κ1) is 16.8. The predicted molar refractivity (Wildman–Crippen MR) is 94.2 cm³/mol. The average molecular weight is 341 g/mol. The van der Waals surface area contributed by atoms with Crippen LogP contribution in [0.2, 0.25) is 0 Å². The number of benzene rings is 2. The molecular formula is C18H19N3O4. The zero-order valence-corrected chi connectivity index (χ0v) is 13.9. The molecule has 7 heteroatoms. The minimum atomic E-state index is -0.489. The molecule has 1 saturated heterocycles. The lowest BCUT2D eigenvalue weighted by molar-refractivity contribution is -0.384. The van der Waals surface area contributed by atoms with Crippen molar-refractivity contribution in [2.24, 2.45) is 0 Å². The van der Waals surface area contributed by atoms with E-state index in [1.807, 2.05) is 24.3 Å². The van der Waals surface area contributed by atoms with Gasteiger partial charge in [-0.05, 0) is 18.2 Å². The van der Waals surface area contributed by atoms with Crippen molar-refractivity contribution in [1.29, 1.82) is 0 Å². The maximum Gasteiger partial charge on any atom is 0.270 e. The summed E-state index contributed by atoms with van der Waals surface area (Å²) in [6.45, 7) is 2.54. The first-order valence-corrected chi connectivity index (χ1v) is 8.01. The molecule has 1 aliphatic heterocycles. The standard InChI is InChI=1S/C18H19N3O4/c1-25-17-7-3-5-15(13-17)19-8-10-20(11-9-19)18(22)14-4-2-6-16(12-14)21(23)24/h2-7,12-13H,8-11H2,1H3. The number of methoxy groups -OCH3 is 1. The number of nitro benzene ring substituents is 1. The lowest BCUT2D eigenvalue weighted by Gasteiger charge is -2.36. The molecule has 1 aliphatic rings. The van der Waals surface area contributed by atoms with Gasteiger partial charge in [0.15, 0.2) is 0 Å². The first-order chi connectivity index (χ1) is 12.1. The van der Waals surface area contributed by atoms with Crippen molar-refractivity contribution in [1.82, 2.24) is 4.90 Å². The summed E-state index contributed by atoms with van der Waals surface area (Å²) in [6, 6.07) is 13.7. The molecule has 1 heterocycles. The summed E-state index contributed by atoms with van der Waals surface area (Å²) >= 11 is 0. The van der Waals surface area contributed by atoms with Crippen LogP contribution in [0.15, 0.2) is 48.5 Å². The van der Waals surface area contributed by atoms with Gasteiger partial charge in [0.25, 0.3) is 11.6 Å².